The number of benzene rings is 1. The number of amides is 1. The third-order valence-electron chi connectivity index (χ3n) is 5.43. The molecule has 146 valence electrons. The van der Waals surface area contributed by atoms with Crippen molar-refractivity contribution in [1.82, 2.24) is 25.2 Å². The number of nitrogens with one attached hydrogen (secondary N) is 1. The van der Waals surface area contributed by atoms with Crippen LogP contribution >= 0.6 is 0 Å². The van der Waals surface area contributed by atoms with Crippen molar-refractivity contribution in [3.63, 3.8) is 0 Å². The largest absolute Gasteiger partial charge is 0.376 e. The van der Waals surface area contributed by atoms with Crippen LogP contribution in [0.3, 0.4) is 0 Å². The van der Waals surface area contributed by atoms with E-state index in [1.165, 1.54) is 0 Å². The van der Waals surface area contributed by atoms with Crippen LogP contribution in [0.1, 0.15) is 53.8 Å². The van der Waals surface area contributed by atoms with Crippen LogP contribution in [0.15, 0.2) is 28.8 Å². The van der Waals surface area contributed by atoms with Crippen molar-refractivity contribution in [2.75, 3.05) is 19.7 Å². The lowest BCUT2D eigenvalue weighted by Crippen LogP contribution is -2.43. The molecule has 0 spiro atoms. The van der Waals surface area contributed by atoms with E-state index >= 15 is 0 Å². The van der Waals surface area contributed by atoms with Crippen LogP contribution in [-0.4, -0.2) is 56.9 Å². The average Bonchev–Trinajstić information content (AvgIpc) is 3.32. The Hall–Kier alpha value is -2.74. The average molecular weight is 381 g/mol. The molecule has 5 rings (SSSR count). The molecule has 1 aromatic carbocycles. The second-order valence-electron chi connectivity index (χ2n) is 7.58. The van der Waals surface area contributed by atoms with E-state index < -0.39 is 0 Å². The Balaban J connectivity index is 1.17. The number of hydrogen-bond acceptors (Lipinski definition) is 6. The summed E-state index contributed by atoms with van der Waals surface area (Å²) in [7, 11) is 0. The molecule has 8 heteroatoms. The summed E-state index contributed by atoms with van der Waals surface area (Å²) in [5.74, 6) is 1.89. The normalized spacial score (nSPS) is 20.0. The fraction of sp³-hybridized carbons (Fsp3) is 0.500. The SMILES string of the molecule is O=C(c1n[nH]c2ccccc12)N1CCCC(OCCc2noc(C3CC3)n2)C1. The molecule has 1 saturated carbocycles. The molecular formula is C20H23N5O3. The maximum atomic E-state index is 12.9. The number of piperidine rings is 1. The number of aromatic amines is 1. The molecule has 1 saturated heterocycles. The first-order chi connectivity index (χ1) is 13.8. The van der Waals surface area contributed by atoms with Gasteiger partial charge in [-0.05, 0) is 31.7 Å². The van der Waals surface area contributed by atoms with Crippen molar-refractivity contribution in [2.45, 2.75) is 44.1 Å². The van der Waals surface area contributed by atoms with Gasteiger partial charge >= 0.3 is 0 Å². The molecule has 1 unspecified atom stereocenters. The van der Waals surface area contributed by atoms with E-state index in [2.05, 4.69) is 20.3 Å². The summed E-state index contributed by atoms with van der Waals surface area (Å²) in [6.45, 7) is 1.84. The fourth-order valence-corrected chi connectivity index (χ4v) is 3.72. The van der Waals surface area contributed by atoms with E-state index in [9.17, 15) is 4.79 Å². The molecule has 0 radical (unpaired) electrons. The Labute approximate surface area is 162 Å². The van der Waals surface area contributed by atoms with Gasteiger partial charge in [0.25, 0.3) is 5.91 Å². The zero-order chi connectivity index (χ0) is 18.9. The Morgan fingerprint density at radius 1 is 1.29 bits per heavy atom. The van der Waals surface area contributed by atoms with Gasteiger partial charge in [-0.2, -0.15) is 10.1 Å². The highest BCUT2D eigenvalue weighted by Crippen LogP contribution is 2.38. The molecule has 1 N–H and O–H groups in total. The van der Waals surface area contributed by atoms with Gasteiger partial charge in [-0.1, -0.05) is 23.4 Å². The standard InChI is InChI=1S/C20H23N5O3/c26-20(18-15-5-1-2-6-16(15)22-23-18)25-10-3-4-14(12-25)27-11-9-17-21-19(28-24-17)13-7-8-13/h1-2,5-6,13-14H,3-4,7-12H2,(H,22,23). The molecule has 2 aromatic heterocycles. The Morgan fingerprint density at radius 2 is 2.18 bits per heavy atom. The molecule has 1 atom stereocenters. The van der Waals surface area contributed by atoms with Gasteiger partial charge in [0.2, 0.25) is 5.89 Å². The van der Waals surface area contributed by atoms with E-state index in [-0.39, 0.29) is 12.0 Å². The Morgan fingerprint density at radius 3 is 3.07 bits per heavy atom. The molecule has 3 aromatic rings. The monoisotopic (exact) mass is 381 g/mol. The number of carbonyl (C=O) groups is 1. The van der Waals surface area contributed by atoms with Crippen molar-refractivity contribution < 1.29 is 14.1 Å². The Bertz CT molecular complexity index is 977. The van der Waals surface area contributed by atoms with Gasteiger partial charge in [0.15, 0.2) is 11.5 Å². The van der Waals surface area contributed by atoms with Crippen molar-refractivity contribution in [1.29, 1.82) is 0 Å². The molecule has 1 aliphatic heterocycles. The smallest absolute Gasteiger partial charge is 0.275 e. The summed E-state index contributed by atoms with van der Waals surface area (Å²) in [6, 6.07) is 7.69. The van der Waals surface area contributed by atoms with Crippen molar-refractivity contribution >= 4 is 16.8 Å². The quantitative estimate of drug-likeness (QED) is 0.705. The van der Waals surface area contributed by atoms with Gasteiger partial charge < -0.3 is 14.2 Å². The second kappa shape index (κ2) is 7.35. The van der Waals surface area contributed by atoms with Crippen molar-refractivity contribution in [3.8, 4) is 0 Å². The molecule has 8 nitrogen and oxygen atoms in total. The second-order valence-corrected chi connectivity index (χ2v) is 7.58. The maximum absolute atomic E-state index is 12.9. The van der Waals surface area contributed by atoms with Gasteiger partial charge in [0.05, 0.1) is 18.2 Å². The minimum atomic E-state index is -0.0435. The summed E-state index contributed by atoms with van der Waals surface area (Å²) in [6.07, 6.45) is 4.82. The van der Waals surface area contributed by atoms with Gasteiger partial charge in [-0.25, -0.2) is 0 Å². The predicted molar refractivity (Wildman–Crippen MR) is 101 cm³/mol. The zero-order valence-electron chi connectivity index (χ0n) is 15.6. The molecule has 2 fully saturated rings. The van der Waals surface area contributed by atoms with Gasteiger partial charge in [0, 0.05) is 30.8 Å². The third-order valence-corrected chi connectivity index (χ3v) is 5.43. The Kier molecular flexibility index (Phi) is 4.56. The van der Waals surface area contributed by atoms with Crippen molar-refractivity contribution in [3.05, 3.63) is 41.7 Å². The summed E-state index contributed by atoms with van der Waals surface area (Å²) < 4.78 is 11.3. The van der Waals surface area contributed by atoms with Crippen LogP contribution in [0.4, 0.5) is 0 Å². The summed E-state index contributed by atoms with van der Waals surface area (Å²) in [5.41, 5.74) is 1.36. The molecule has 1 amide bonds. The highest BCUT2D eigenvalue weighted by atomic mass is 16.5. The first kappa shape index (κ1) is 17.4. The van der Waals surface area contributed by atoms with E-state index in [0.29, 0.717) is 37.0 Å². The predicted octanol–water partition coefficient (Wildman–Crippen LogP) is 2.69. The van der Waals surface area contributed by atoms with E-state index in [4.69, 9.17) is 9.26 Å². The lowest BCUT2D eigenvalue weighted by atomic mass is 10.1. The first-order valence-electron chi connectivity index (χ1n) is 9.94. The number of aromatic nitrogens is 4. The maximum Gasteiger partial charge on any atom is 0.275 e. The number of carbonyl (C=O) groups excluding carboxylic acids is 1. The van der Waals surface area contributed by atoms with Crippen LogP contribution in [0.2, 0.25) is 0 Å². The van der Waals surface area contributed by atoms with Crippen molar-refractivity contribution in [2.24, 2.45) is 0 Å². The van der Waals surface area contributed by atoms with Crippen LogP contribution in [0, 0.1) is 0 Å². The highest BCUT2D eigenvalue weighted by Gasteiger charge is 2.30. The number of ether oxygens (including phenoxy) is 1. The minimum Gasteiger partial charge on any atom is -0.376 e. The number of para-hydroxylation sites is 1. The molecule has 28 heavy (non-hydrogen) atoms. The van der Waals surface area contributed by atoms with Crippen LogP contribution in [0.5, 0.6) is 0 Å². The van der Waals surface area contributed by atoms with E-state index in [1.54, 1.807) is 0 Å². The van der Waals surface area contributed by atoms with Gasteiger partial charge in [-0.3, -0.25) is 9.89 Å². The number of hydrogen-bond donors (Lipinski definition) is 1. The fourth-order valence-electron chi connectivity index (χ4n) is 3.72. The number of nitrogens with zero attached hydrogens (tertiary/aromatic N) is 4. The first-order valence-corrected chi connectivity index (χ1v) is 9.94. The molecular weight excluding hydrogens is 358 g/mol. The lowest BCUT2D eigenvalue weighted by molar-refractivity contribution is 0.00238. The third kappa shape index (κ3) is 3.52. The van der Waals surface area contributed by atoms with E-state index in [0.717, 1.165) is 49.0 Å². The van der Waals surface area contributed by atoms with E-state index in [1.807, 2.05) is 29.2 Å². The van der Waals surface area contributed by atoms with Gasteiger partial charge in [-0.15, -0.1) is 0 Å². The molecule has 1 aliphatic carbocycles. The summed E-state index contributed by atoms with van der Waals surface area (Å²) >= 11 is 0. The molecule has 2 aliphatic rings. The van der Waals surface area contributed by atoms with Crippen LogP contribution in [0.25, 0.3) is 10.9 Å². The van der Waals surface area contributed by atoms with Crippen LogP contribution in [-0.2, 0) is 11.2 Å². The van der Waals surface area contributed by atoms with Crippen LogP contribution < -0.4 is 0 Å². The zero-order valence-corrected chi connectivity index (χ0v) is 15.6. The van der Waals surface area contributed by atoms with Gasteiger partial charge in [0.1, 0.15) is 0 Å². The summed E-state index contributed by atoms with van der Waals surface area (Å²) in [4.78, 5) is 19.2. The number of H-pyrrole nitrogens is 1. The summed E-state index contributed by atoms with van der Waals surface area (Å²) in [5, 5.41) is 12.1. The number of rotatable bonds is 6. The molecule has 0 bridgehead atoms. The highest BCUT2D eigenvalue weighted by molar-refractivity contribution is 6.04. The lowest BCUT2D eigenvalue weighted by Gasteiger charge is -2.32. The molecule has 3 heterocycles. The minimum absolute atomic E-state index is 0.0257. The number of likely N-dealkylation sites (tertiary alicyclic amines) is 1. The number of fused-ring (bicyclic) bond motifs is 1. The topological polar surface area (TPSA) is 97.1 Å².